The van der Waals surface area contributed by atoms with Gasteiger partial charge in [-0.3, -0.25) is 4.79 Å². The number of para-hydroxylation sites is 1. The number of carbonyl (C=O) groups excluding carboxylic acids is 1. The smallest absolute Gasteiger partial charge is 0.264 e. The van der Waals surface area contributed by atoms with Crippen LogP contribution in [0.25, 0.3) is 27.6 Å². The number of benzene rings is 4. The van der Waals surface area contributed by atoms with Gasteiger partial charge in [0.05, 0.1) is 10.6 Å². The number of nitrogens with one attached hydrogen (secondary N) is 1. The third-order valence-electron chi connectivity index (χ3n) is 4.73. The molecule has 4 aromatic rings. The molecule has 0 saturated carbocycles. The van der Waals surface area contributed by atoms with Gasteiger partial charge in [-0.1, -0.05) is 66.7 Å². The van der Waals surface area contributed by atoms with Crippen LogP contribution in [0.1, 0.15) is 5.56 Å². The number of rotatable bonds is 2. The molecule has 134 valence electrons. The first kappa shape index (κ1) is 16.8. The van der Waals surface area contributed by atoms with Crippen molar-refractivity contribution in [3.63, 3.8) is 0 Å². The Morgan fingerprint density at radius 2 is 1.39 bits per heavy atom. The van der Waals surface area contributed by atoms with E-state index in [4.69, 9.17) is 0 Å². The molecule has 0 unspecified atom stereocenters. The fraction of sp³-hybridized carbons (Fsp3) is 0. The van der Waals surface area contributed by atoms with Crippen molar-refractivity contribution < 1.29 is 4.79 Å². The van der Waals surface area contributed by atoms with Crippen molar-refractivity contribution >= 4 is 56.1 Å². The number of thioether (sulfide) groups is 1. The summed E-state index contributed by atoms with van der Waals surface area (Å²) in [4.78, 5) is 17.8. The standard InChI is InChI=1S/C24H16N2OS/c27-23-22(28-24(26-23)25-18-10-2-1-3-11-18)15-21-19-12-6-4-8-16(19)14-17-9-5-7-13-20(17)21/h1-15H,(H,25,26,27). The minimum Gasteiger partial charge on any atom is -0.300 e. The molecular formula is C24H16N2OS. The van der Waals surface area contributed by atoms with Gasteiger partial charge in [0.2, 0.25) is 0 Å². The molecular weight excluding hydrogens is 364 g/mol. The molecule has 0 radical (unpaired) electrons. The van der Waals surface area contributed by atoms with Gasteiger partial charge in [0, 0.05) is 0 Å². The maximum atomic E-state index is 12.6. The Labute approximate surface area is 166 Å². The second-order valence-electron chi connectivity index (χ2n) is 6.55. The molecule has 1 N–H and O–H groups in total. The van der Waals surface area contributed by atoms with Gasteiger partial charge < -0.3 is 5.32 Å². The number of amides is 1. The summed E-state index contributed by atoms with van der Waals surface area (Å²) in [5, 5.41) is 8.07. The second kappa shape index (κ2) is 6.98. The number of carbonyl (C=O) groups is 1. The van der Waals surface area contributed by atoms with Gasteiger partial charge >= 0.3 is 0 Å². The van der Waals surface area contributed by atoms with Crippen LogP contribution in [0.4, 0.5) is 5.69 Å². The SMILES string of the molecule is O=C1NC(=Nc2ccccc2)SC1=Cc1c2ccccc2cc2ccccc12. The van der Waals surface area contributed by atoms with E-state index in [1.807, 2.05) is 60.7 Å². The van der Waals surface area contributed by atoms with Gasteiger partial charge in [0.25, 0.3) is 5.91 Å². The topological polar surface area (TPSA) is 41.5 Å². The lowest BCUT2D eigenvalue weighted by atomic mass is 9.96. The largest absolute Gasteiger partial charge is 0.300 e. The van der Waals surface area contributed by atoms with Gasteiger partial charge in [-0.25, -0.2) is 4.99 Å². The highest BCUT2D eigenvalue weighted by molar-refractivity contribution is 8.18. The lowest BCUT2D eigenvalue weighted by Crippen LogP contribution is -2.19. The molecule has 1 heterocycles. The Morgan fingerprint density at radius 1 is 0.786 bits per heavy atom. The van der Waals surface area contributed by atoms with E-state index in [9.17, 15) is 4.79 Å². The summed E-state index contributed by atoms with van der Waals surface area (Å²) < 4.78 is 0. The number of fused-ring (bicyclic) bond motifs is 2. The maximum absolute atomic E-state index is 12.6. The molecule has 0 atom stereocenters. The predicted molar refractivity (Wildman–Crippen MR) is 119 cm³/mol. The van der Waals surface area contributed by atoms with Crippen molar-refractivity contribution in [1.29, 1.82) is 0 Å². The summed E-state index contributed by atoms with van der Waals surface area (Å²) in [6.45, 7) is 0. The van der Waals surface area contributed by atoms with E-state index in [0.29, 0.717) is 10.1 Å². The molecule has 1 amide bonds. The Bertz CT molecular complexity index is 1220. The molecule has 0 spiro atoms. The Hall–Kier alpha value is -3.37. The van der Waals surface area contributed by atoms with E-state index >= 15 is 0 Å². The zero-order chi connectivity index (χ0) is 18.9. The van der Waals surface area contributed by atoms with Crippen molar-refractivity contribution in [2.75, 3.05) is 0 Å². The van der Waals surface area contributed by atoms with Gasteiger partial charge in [-0.05, 0) is 63.1 Å². The third kappa shape index (κ3) is 3.08. The molecule has 4 heteroatoms. The van der Waals surface area contributed by atoms with Crippen LogP contribution in [0.2, 0.25) is 0 Å². The average molecular weight is 380 g/mol. The maximum Gasteiger partial charge on any atom is 0.264 e. The highest BCUT2D eigenvalue weighted by Gasteiger charge is 2.24. The Balaban J connectivity index is 1.63. The first-order valence-corrected chi connectivity index (χ1v) is 9.85. The molecule has 3 nitrogen and oxygen atoms in total. The summed E-state index contributed by atoms with van der Waals surface area (Å²) in [6.07, 6.45) is 1.98. The van der Waals surface area contributed by atoms with Crippen LogP contribution in [-0.2, 0) is 4.79 Å². The highest BCUT2D eigenvalue weighted by Crippen LogP contribution is 2.34. The number of hydrogen-bond acceptors (Lipinski definition) is 3. The van der Waals surface area contributed by atoms with Crippen molar-refractivity contribution in [3.8, 4) is 0 Å². The lowest BCUT2D eigenvalue weighted by molar-refractivity contribution is -0.115. The zero-order valence-corrected chi connectivity index (χ0v) is 15.7. The normalized spacial score (nSPS) is 16.9. The monoisotopic (exact) mass is 380 g/mol. The molecule has 0 aromatic heterocycles. The first-order valence-electron chi connectivity index (χ1n) is 9.03. The van der Waals surface area contributed by atoms with Crippen LogP contribution >= 0.6 is 11.8 Å². The second-order valence-corrected chi connectivity index (χ2v) is 7.58. The highest BCUT2D eigenvalue weighted by atomic mass is 32.2. The average Bonchev–Trinajstić information content (AvgIpc) is 3.07. The zero-order valence-electron chi connectivity index (χ0n) is 14.9. The molecule has 4 aromatic carbocycles. The third-order valence-corrected chi connectivity index (χ3v) is 5.64. The summed E-state index contributed by atoms with van der Waals surface area (Å²) >= 11 is 1.38. The predicted octanol–water partition coefficient (Wildman–Crippen LogP) is 5.88. The fourth-order valence-corrected chi connectivity index (χ4v) is 4.26. The van der Waals surface area contributed by atoms with Crippen LogP contribution in [-0.4, -0.2) is 11.1 Å². The van der Waals surface area contributed by atoms with Crippen molar-refractivity contribution in [3.05, 3.63) is 95.4 Å². The van der Waals surface area contributed by atoms with E-state index in [0.717, 1.165) is 32.8 Å². The number of amidine groups is 1. The fourth-order valence-electron chi connectivity index (χ4n) is 3.44. The molecule has 1 aliphatic rings. The molecule has 1 fully saturated rings. The van der Waals surface area contributed by atoms with Gasteiger partial charge in [-0.2, -0.15) is 0 Å². The molecule has 1 saturated heterocycles. The molecule has 28 heavy (non-hydrogen) atoms. The van der Waals surface area contributed by atoms with Crippen LogP contribution in [0, 0.1) is 0 Å². The molecule has 0 bridgehead atoms. The van der Waals surface area contributed by atoms with E-state index in [-0.39, 0.29) is 5.91 Å². The van der Waals surface area contributed by atoms with Crippen molar-refractivity contribution in [2.24, 2.45) is 4.99 Å². The quantitative estimate of drug-likeness (QED) is 0.348. The van der Waals surface area contributed by atoms with Crippen LogP contribution in [0.3, 0.4) is 0 Å². The van der Waals surface area contributed by atoms with Crippen LogP contribution in [0.5, 0.6) is 0 Å². The van der Waals surface area contributed by atoms with E-state index < -0.39 is 0 Å². The summed E-state index contributed by atoms with van der Waals surface area (Å²) in [7, 11) is 0. The summed E-state index contributed by atoms with van der Waals surface area (Å²) in [5.74, 6) is -0.114. The molecule has 1 aliphatic heterocycles. The number of nitrogens with zero attached hydrogens (tertiary/aromatic N) is 1. The van der Waals surface area contributed by atoms with Crippen LogP contribution < -0.4 is 5.32 Å². The summed E-state index contributed by atoms with van der Waals surface area (Å²) in [6, 6.07) is 28.4. The minimum absolute atomic E-state index is 0.114. The number of hydrogen-bond donors (Lipinski definition) is 1. The van der Waals surface area contributed by atoms with E-state index in [1.54, 1.807) is 0 Å². The molecule has 0 aliphatic carbocycles. The summed E-state index contributed by atoms with van der Waals surface area (Å²) in [5.41, 5.74) is 1.88. The van der Waals surface area contributed by atoms with Crippen molar-refractivity contribution in [2.45, 2.75) is 0 Å². The first-order chi connectivity index (χ1) is 13.8. The number of aliphatic imine (C=N–C) groups is 1. The van der Waals surface area contributed by atoms with Crippen molar-refractivity contribution in [1.82, 2.24) is 5.32 Å². The van der Waals surface area contributed by atoms with Gasteiger partial charge in [-0.15, -0.1) is 0 Å². The Morgan fingerprint density at radius 3 is 2.07 bits per heavy atom. The van der Waals surface area contributed by atoms with Gasteiger partial charge in [0.1, 0.15) is 0 Å². The Kier molecular flexibility index (Phi) is 4.18. The van der Waals surface area contributed by atoms with E-state index in [2.05, 4.69) is 40.6 Å². The minimum atomic E-state index is -0.114. The molecule has 5 rings (SSSR count). The van der Waals surface area contributed by atoms with E-state index in [1.165, 1.54) is 11.8 Å². The van der Waals surface area contributed by atoms with Crippen LogP contribution in [0.15, 0.2) is 94.8 Å². The van der Waals surface area contributed by atoms with Gasteiger partial charge in [0.15, 0.2) is 5.17 Å². The lowest BCUT2D eigenvalue weighted by Gasteiger charge is -2.08.